The number of aromatic hydroxyl groups is 1. The molecule has 1 aromatic heterocycles. The maximum absolute atomic E-state index is 10.00. The minimum atomic E-state index is 0.136. The Morgan fingerprint density at radius 2 is 2.04 bits per heavy atom. The number of rotatable bonds is 8. The SMILES string of the molecule is CN(C)CCCNc1nc(Nc2cc(Cl)ccc2O)cc(C2CC2)n1. The summed E-state index contributed by atoms with van der Waals surface area (Å²) in [5.41, 5.74) is 1.57. The van der Waals surface area contributed by atoms with Crippen LogP contribution in [-0.4, -0.2) is 47.2 Å². The zero-order valence-corrected chi connectivity index (χ0v) is 15.3. The van der Waals surface area contributed by atoms with Gasteiger partial charge in [-0.2, -0.15) is 4.98 Å². The van der Waals surface area contributed by atoms with E-state index in [4.69, 9.17) is 11.6 Å². The van der Waals surface area contributed by atoms with Crippen molar-refractivity contribution in [2.75, 3.05) is 37.8 Å². The summed E-state index contributed by atoms with van der Waals surface area (Å²) in [7, 11) is 4.12. The fourth-order valence-electron chi connectivity index (χ4n) is 2.54. The van der Waals surface area contributed by atoms with E-state index in [1.54, 1.807) is 18.2 Å². The lowest BCUT2D eigenvalue weighted by molar-refractivity contribution is 0.405. The maximum atomic E-state index is 10.00. The smallest absolute Gasteiger partial charge is 0.224 e. The Hall–Kier alpha value is -2.05. The summed E-state index contributed by atoms with van der Waals surface area (Å²) in [6.45, 7) is 1.82. The van der Waals surface area contributed by atoms with E-state index in [0.29, 0.717) is 28.4 Å². The van der Waals surface area contributed by atoms with Crippen molar-refractivity contribution in [2.45, 2.75) is 25.2 Å². The molecular weight excluding hydrogens is 338 g/mol. The Bertz CT molecular complexity index is 733. The molecule has 3 N–H and O–H groups in total. The summed E-state index contributed by atoms with van der Waals surface area (Å²) < 4.78 is 0. The molecule has 0 spiro atoms. The van der Waals surface area contributed by atoms with E-state index >= 15 is 0 Å². The highest BCUT2D eigenvalue weighted by molar-refractivity contribution is 6.30. The molecule has 0 saturated heterocycles. The number of nitrogens with zero attached hydrogens (tertiary/aromatic N) is 3. The van der Waals surface area contributed by atoms with Gasteiger partial charge < -0.3 is 20.6 Å². The molecule has 1 saturated carbocycles. The summed E-state index contributed by atoms with van der Waals surface area (Å²) in [5, 5.41) is 17.0. The zero-order valence-electron chi connectivity index (χ0n) is 14.6. The molecule has 134 valence electrons. The molecule has 1 aliphatic carbocycles. The fraction of sp³-hybridized carbons (Fsp3) is 0.444. The van der Waals surface area contributed by atoms with Gasteiger partial charge in [0.15, 0.2) is 0 Å². The number of benzene rings is 1. The number of nitrogens with one attached hydrogen (secondary N) is 2. The number of aromatic nitrogens is 2. The van der Waals surface area contributed by atoms with Crippen molar-refractivity contribution in [3.05, 3.63) is 35.0 Å². The highest BCUT2D eigenvalue weighted by Gasteiger charge is 2.26. The third-order valence-electron chi connectivity index (χ3n) is 4.03. The Labute approximate surface area is 153 Å². The molecule has 25 heavy (non-hydrogen) atoms. The first-order valence-corrected chi connectivity index (χ1v) is 8.92. The number of hydrogen-bond donors (Lipinski definition) is 3. The first-order chi connectivity index (χ1) is 12.0. The summed E-state index contributed by atoms with van der Waals surface area (Å²) in [6, 6.07) is 6.84. The Morgan fingerprint density at radius 3 is 2.76 bits per heavy atom. The van der Waals surface area contributed by atoms with Crippen LogP contribution < -0.4 is 10.6 Å². The van der Waals surface area contributed by atoms with E-state index in [1.807, 2.05) is 6.07 Å². The Morgan fingerprint density at radius 1 is 1.24 bits per heavy atom. The third kappa shape index (κ3) is 5.21. The van der Waals surface area contributed by atoms with Crippen LogP contribution in [0.4, 0.5) is 17.5 Å². The van der Waals surface area contributed by atoms with E-state index < -0.39 is 0 Å². The first kappa shape index (κ1) is 17.8. The highest BCUT2D eigenvalue weighted by Crippen LogP contribution is 2.40. The van der Waals surface area contributed by atoms with Gasteiger partial charge in [0.25, 0.3) is 0 Å². The molecule has 0 amide bonds. The zero-order chi connectivity index (χ0) is 17.8. The van der Waals surface area contributed by atoms with Crippen molar-refractivity contribution in [3.8, 4) is 5.75 Å². The van der Waals surface area contributed by atoms with Gasteiger partial charge in [0.05, 0.1) is 11.4 Å². The maximum Gasteiger partial charge on any atom is 0.224 e. The van der Waals surface area contributed by atoms with Gasteiger partial charge in [-0.25, -0.2) is 4.98 Å². The van der Waals surface area contributed by atoms with Crippen LogP contribution >= 0.6 is 11.6 Å². The molecule has 6 nitrogen and oxygen atoms in total. The minimum Gasteiger partial charge on any atom is -0.506 e. The van der Waals surface area contributed by atoms with Crippen LogP contribution in [0, 0.1) is 0 Å². The van der Waals surface area contributed by atoms with Crippen LogP contribution in [-0.2, 0) is 0 Å². The Kier molecular flexibility index (Phi) is 5.60. The average Bonchev–Trinajstić information content (AvgIpc) is 3.40. The van der Waals surface area contributed by atoms with Gasteiger partial charge >= 0.3 is 0 Å². The predicted octanol–water partition coefficient (Wildman–Crippen LogP) is 3.82. The molecule has 7 heteroatoms. The number of phenolic OH excluding ortho intramolecular Hbond substituents is 1. The van der Waals surface area contributed by atoms with Crippen molar-refractivity contribution < 1.29 is 5.11 Å². The van der Waals surface area contributed by atoms with E-state index in [1.165, 1.54) is 12.8 Å². The molecule has 0 atom stereocenters. The quantitative estimate of drug-likeness (QED) is 0.490. The summed E-state index contributed by atoms with van der Waals surface area (Å²) in [6.07, 6.45) is 3.35. The summed E-state index contributed by atoms with van der Waals surface area (Å²) >= 11 is 6.02. The molecule has 0 unspecified atom stereocenters. The van der Waals surface area contributed by atoms with Crippen LogP contribution in [0.5, 0.6) is 5.75 Å². The number of halogens is 1. The molecule has 0 bridgehead atoms. The standard InChI is InChI=1S/C18H24ClN5O/c1-24(2)9-3-8-20-18-22-14(12-4-5-12)11-17(23-18)21-15-10-13(19)6-7-16(15)25/h6-7,10-12,25H,3-5,8-9H2,1-2H3,(H2,20,21,22,23). The molecule has 0 aliphatic heterocycles. The minimum absolute atomic E-state index is 0.136. The number of phenols is 1. The first-order valence-electron chi connectivity index (χ1n) is 8.54. The molecule has 1 fully saturated rings. The van der Waals surface area contributed by atoms with Gasteiger partial charge in [-0.3, -0.25) is 0 Å². The normalized spacial score (nSPS) is 13.9. The predicted molar refractivity (Wildman–Crippen MR) is 102 cm³/mol. The lowest BCUT2D eigenvalue weighted by atomic mass is 10.2. The van der Waals surface area contributed by atoms with E-state index in [0.717, 1.165) is 25.2 Å². The number of anilines is 3. The topological polar surface area (TPSA) is 73.3 Å². The van der Waals surface area contributed by atoms with Crippen LogP contribution in [0.25, 0.3) is 0 Å². The fourth-order valence-corrected chi connectivity index (χ4v) is 2.71. The lowest BCUT2D eigenvalue weighted by Gasteiger charge is -2.13. The van der Waals surface area contributed by atoms with Crippen LogP contribution in [0.2, 0.25) is 5.02 Å². The van der Waals surface area contributed by atoms with E-state index in [9.17, 15) is 5.11 Å². The van der Waals surface area contributed by atoms with Gasteiger partial charge in [0.2, 0.25) is 5.95 Å². The largest absolute Gasteiger partial charge is 0.506 e. The molecular formula is C18H24ClN5O. The van der Waals surface area contributed by atoms with Gasteiger partial charge in [0, 0.05) is 23.6 Å². The van der Waals surface area contributed by atoms with E-state index in [2.05, 4.69) is 39.6 Å². The van der Waals surface area contributed by atoms with Crippen molar-refractivity contribution >= 4 is 29.1 Å². The van der Waals surface area contributed by atoms with Crippen molar-refractivity contribution in [1.82, 2.24) is 14.9 Å². The highest BCUT2D eigenvalue weighted by atomic mass is 35.5. The van der Waals surface area contributed by atoms with Gasteiger partial charge in [-0.05, 0) is 58.1 Å². The summed E-state index contributed by atoms with van der Waals surface area (Å²) in [4.78, 5) is 11.3. The van der Waals surface area contributed by atoms with Gasteiger partial charge in [-0.15, -0.1) is 0 Å². The van der Waals surface area contributed by atoms with E-state index in [-0.39, 0.29) is 5.75 Å². The van der Waals surface area contributed by atoms with Crippen molar-refractivity contribution in [2.24, 2.45) is 0 Å². The van der Waals surface area contributed by atoms with Crippen molar-refractivity contribution in [1.29, 1.82) is 0 Å². The molecule has 1 aromatic carbocycles. The molecule has 1 aliphatic rings. The third-order valence-corrected chi connectivity index (χ3v) is 4.26. The van der Waals surface area contributed by atoms with Gasteiger partial charge in [0.1, 0.15) is 11.6 Å². The molecule has 2 aromatic rings. The van der Waals surface area contributed by atoms with Gasteiger partial charge in [-0.1, -0.05) is 11.6 Å². The van der Waals surface area contributed by atoms with Crippen molar-refractivity contribution in [3.63, 3.8) is 0 Å². The summed E-state index contributed by atoms with van der Waals surface area (Å²) in [5.74, 6) is 1.92. The average molecular weight is 362 g/mol. The molecule has 3 rings (SSSR count). The molecule has 0 radical (unpaired) electrons. The van der Waals surface area contributed by atoms with Crippen LogP contribution in [0.15, 0.2) is 24.3 Å². The Balaban J connectivity index is 1.75. The van der Waals surface area contributed by atoms with Crippen LogP contribution in [0.1, 0.15) is 30.9 Å². The second-order valence-electron chi connectivity index (χ2n) is 6.65. The molecule has 1 heterocycles. The monoisotopic (exact) mass is 361 g/mol. The van der Waals surface area contributed by atoms with Crippen LogP contribution in [0.3, 0.4) is 0 Å². The second kappa shape index (κ2) is 7.89. The number of hydrogen-bond acceptors (Lipinski definition) is 6. The second-order valence-corrected chi connectivity index (χ2v) is 7.08. The lowest BCUT2D eigenvalue weighted by Crippen LogP contribution is -2.17.